The first-order chi connectivity index (χ1) is 7.74. The van der Waals surface area contributed by atoms with E-state index in [1.165, 1.54) is 5.56 Å². The number of rotatable bonds is 4. The van der Waals surface area contributed by atoms with Crippen LogP contribution in [0.25, 0.3) is 0 Å². The van der Waals surface area contributed by atoms with Gasteiger partial charge in [0.05, 0.1) is 12.7 Å². The van der Waals surface area contributed by atoms with Crippen molar-refractivity contribution in [3.05, 3.63) is 52.1 Å². The van der Waals surface area contributed by atoms with Gasteiger partial charge in [0.25, 0.3) is 0 Å². The van der Waals surface area contributed by atoms with Gasteiger partial charge in [0, 0.05) is 11.0 Å². The lowest BCUT2D eigenvalue weighted by molar-refractivity contribution is 0.449. The summed E-state index contributed by atoms with van der Waals surface area (Å²) in [6.07, 6.45) is 1.73. The monoisotopic (exact) mass is 280 g/mol. The predicted octanol–water partition coefficient (Wildman–Crippen LogP) is 3.04. The van der Waals surface area contributed by atoms with Gasteiger partial charge in [-0.2, -0.15) is 0 Å². The first-order valence-corrected chi connectivity index (χ1v) is 5.90. The van der Waals surface area contributed by atoms with Crippen LogP contribution in [0.3, 0.4) is 0 Å². The van der Waals surface area contributed by atoms with Crippen LogP contribution >= 0.6 is 15.9 Å². The van der Waals surface area contributed by atoms with Gasteiger partial charge in [0.1, 0.15) is 5.76 Å². The molecule has 0 radical (unpaired) electrons. The molecule has 0 aliphatic heterocycles. The van der Waals surface area contributed by atoms with E-state index in [-0.39, 0.29) is 0 Å². The Balaban J connectivity index is 1.84. The smallest absolute Gasteiger partial charge is 0.208 e. The number of nitrogens with one attached hydrogen (secondary N) is 1. The highest BCUT2D eigenvalue weighted by molar-refractivity contribution is 9.10. The summed E-state index contributed by atoms with van der Waals surface area (Å²) in [4.78, 5) is 4.13. The van der Waals surface area contributed by atoms with Gasteiger partial charge < -0.3 is 9.73 Å². The number of hydrogen-bond acceptors (Lipinski definition) is 3. The minimum atomic E-state index is 0.653. The standard InChI is InChI=1S/C12H13BrN2O/c1-9-6-15-12(16-9)8-14-7-10-3-2-4-11(13)5-10/h2-6,14H,7-8H2,1H3. The van der Waals surface area contributed by atoms with Crippen molar-refractivity contribution in [1.82, 2.24) is 10.3 Å². The highest BCUT2D eigenvalue weighted by atomic mass is 79.9. The SMILES string of the molecule is Cc1cnc(CNCc2cccc(Br)c2)o1. The number of benzene rings is 1. The zero-order valence-corrected chi connectivity index (χ0v) is 10.6. The Labute approximate surface area is 103 Å². The van der Waals surface area contributed by atoms with Crippen molar-refractivity contribution in [3.63, 3.8) is 0 Å². The zero-order chi connectivity index (χ0) is 11.4. The van der Waals surface area contributed by atoms with Crippen molar-refractivity contribution in [3.8, 4) is 0 Å². The normalized spacial score (nSPS) is 10.6. The van der Waals surface area contributed by atoms with Gasteiger partial charge in [0.15, 0.2) is 0 Å². The van der Waals surface area contributed by atoms with E-state index >= 15 is 0 Å². The van der Waals surface area contributed by atoms with Gasteiger partial charge in [-0.15, -0.1) is 0 Å². The molecular formula is C12H13BrN2O. The molecule has 0 aliphatic carbocycles. The third-order valence-corrected chi connectivity index (χ3v) is 2.66. The molecule has 0 saturated heterocycles. The second-order valence-electron chi connectivity index (χ2n) is 3.60. The summed E-state index contributed by atoms with van der Waals surface area (Å²) in [7, 11) is 0. The molecule has 0 spiro atoms. The fourth-order valence-corrected chi connectivity index (χ4v) is 1.89. The molecule has 84 valence electrons. The summed E-state index contributed by atoms with van der Waals surface area (Å²) >= 11 is 3.44. The van der Waals surface area contributed by atoms with Crippen molar-refractivity contribution in [2.75, 3.05) is 0 Å². The Morgan fingerprint density at radius 1 is 1.38 bits per heavy atom. The molecule has 0 aliphatic rings. The van der Waals surface area contributed by atoms with Gasteiger partial charge in [0.2, 0.25) is 5.89 Å². The molecule has 0 atom stereocenters. The molecule has 2 rings (SSSR count). The van der Waals surface area contributed by atoms with Gasteiger partial charge in [-0.25, -0.2) is 4.98 Å². The molecule has 1 heterocycles. The van der Waals surface area contributed by atoms with E-state index in [0.29, 0.717) is 6.54 Å². The molecule has 0 amide bonds. The van der Waals surface area contributed by atoms with Crippen molar-refractivity contribution < 1.29 is 4.42 Å². The number of aryl methyl sites for hydroxylation is 1. The molecule has 1 N–H and O–H groups in total. The minimum Gasteiger partial charge on any atom is -0.445 e. The highest BCUT2D eigenvalue weighted by Gasteiger charge is 1.99. The lowest BCUT2D eigenvalue weighted by Crippen LogP contribution is -2.12. The molecule has 2 aromatic rings. The van der Waals surface area contributed by atoms with Crippen LogP contribution < -0.4 is 5.32 Å². The van der Waals surface area contributed by atoms with Crippen LogP contribution in [-0.2, 0) is 13.1 Å². The highest BCUT2D eigenvalue weighted by Crippen LogP contribution is 2.11. The van der Waals surface area contributed by atoms with E-state index in [9.17, 15) is 0 Å². The molecule has 0 unspecified atom stereocenters. The summed E-state index contributed by atoms with van der Waals surface area (Å²) in [6, 6.07) is 8.21. The second-order valence-corrected chi connectivity index (χ2v) is 4.51. The average molecular weight is 281 g/mol. The molecule has 16 heavy (non-hydrogen) atoms. The van der Waals surface area contributed by atoms with Crippen molar-refractivity contribution in [2.24, 2.45) is 0 Å². The van der Waals surface area contributed by atoms with E-state index in [2.05, 4.69) is 38.4 Å². The fourth-order valence-electron chi connectivity index (χ4n) is 1.44. The summed E-state index contributed by atoms with van der Waals surface area (Å²) in [5.74, 6) is 1.58. The Morgan fingerprint density at radius 2 is 2.25 bits per heavy atom. The number of aromatic nitrogens is 1. The zero-order valence-electron chi connectivity index (χ0n) is 9.03. The largest absolute Gasteiger partial charge is 0.445 e. The Bertz CT molecular complexity index is 468. The lowest BCUT2D eigenvalue weighted by Gasteiger charge is -2.02. The van der Waals surface area contributed by atoms with Crippen LogP contribution in [0.15, 0.2) is 39.4 Å². The maximum Gasteiger partial charge on any atom is 0.208 e. The van der Waals surface area contributed by atoms with Gasteiger partial charge in [-0.1, -0.05) is 28.1 Å². The fraction of sp³-hybridized carbons (Fsp3) is 0.250. The third kappa shape index (κ3) is 3.18. The van der Waals surface area contributed by atoms with Gasteiger partial charge in [-0.05, 0) is 24.6 Å². The van der Waals surface area contributed by atoms with E-state index in [4.69, 9.17) is 4.42 Å². The Hall–Kier alpha value is -1.13. The molecule has 0 saturated carbocycles. The number of halogens is 1. The molecule has 0 fully saturated rings. The van der Waals surface area contributed by atoms with E-state index in [1.807, 2.05) is 19.1 Å². The molecule has 1 aromatic carbocycles. The van der Waals surface area contributed by atoms with Gasteiger partial charge in [-0.3, -0.25) is 0 Å². The maximum absolute atomic E-state index is 5.36. The Morgan fingerprint density at radius 3 is 2.94 bits per heavy atom. The topological polar surface area (TPSA) is 38.1 Å². The average Bonchev–Trinajstić information content (AvgIpc) is 2.64. The molecule has 3 nitrogen and oxygen atoms in total. The van der Waals surface area contributed by atoms with E-state index < -0.39 is 0 Å². The first kappa shape index (κ1) is 11.4. The number of nitrogens with zero attached hydrogens (tertiary/aromatic N) is 1. The van der Waals surface area contributed by atoms with Crippen LogP contribution in [0.4, 0.5) is 0 Å². The summed E-state index contributed by atoms with van der Waals surface area (Å²) in [6.45, 7) is 3.35. The van der Waals surface area contributed by atoms with Crippen molar-refractivity contribution in [1.29, 1.82) is 0 Å². The molecule has 0 bridgehead atoms. The van der Waals surface area contributed by atoms with E-state index in [1.54, 1.807) is 6.20 Å². The maximum atomic E-state index is 5.36. The van der Waals surface area contributed by atoms with Crippen LogP contribution in [-0.4, -0.2) is 4.98 Å². The van der Waals surface area contributed by atoms with Crippen molar-refractivity contribution in [2.45, 2.75) is 20.0 Å². The number of hydrogen-bond donors (Lipinski definition) is 1. The summed E-state index contributed by atoms with van der Waals surface area (Å²) in [5, 5.41) is 3.28. The van der Waals surface area contributed by atoms with Crippen LogP contribution in [0, 0.1) is 6.92 Å². The quantitative estimate of drug-likeness (QED) is 0.936. The number of oxazole rings is 1. The first-order valence-electron chi connectivity index (χ1n) is 5.10. The van der Waals surface area contributed by atoms with Crippen LogP contribution in [0.5, 0.6) is 0 Å². The van der Waals surface area contributed by atoms with E-state index in [0.717, 1.165) is 22.7 Å². The summed E-state index contributed by atoms with van der Waals surface area (Å²) < 4.78 is 6.46. The molecular weight excluding hydrogens is 268 g/mol. The van der Waals surface area contributed by atoms with Crippen LogP contribution in [0.1, 0.15) is 17.2 Å². The van der Waals surface area contributed by atoms with Crippen LogP contribution in [0.2, 0.25) is 0 Å². The second kappa shape index (κ2) is 5.27. The summed E-state index contributed by atoms with van der Waals surface area (Å²) in [5.41, 5.74) is 1.23. The Kier molecular flexibility index (Phi) is 3.74. The molecule has 1 aromatic heterocycles. The minimum absolute atomic E-state index is 0.653. The lowest BCUT2D eigenvalue weighted by atomic mass is 10.2. The predicted molar refractivity (Wildman–Crippen MR) is 65.9 cm³/mol. The van der Waals surface area contributed by atoms with Crippen molar-refractivity contribution >= 4 is 15.9 Å². The third-order valence-electron chi connectivity index (χ3n) is 2.16. The van der Waals surface area contributed by atoms with Gasteiger partial charge >= 0.3 is 0 Å². The molecule has 4 heteroatoms.